The maximum absolute atomic E-state index is 13.9. The molecule has 0 saturated carbocycles. The first-order chi connectivity index (χ1) is 21.8. The van der Waals surface area contributed by atoms with Crippen molar-refractivity contribution in [3.63, 3.8) is 0 Å². The minimum Gasteiger partial charge on any atom is -0.448 e. The van der Waals surface area contributed by atoms with Gasteiger partial charge in [0, 0.05) is 17.7 Å². The number of alkyl halides is 2. The van der Waals surface area contributed by atoms with Gasteiger partial charge in [0.2, 0.25) is 4.33 Å². The SMILES string of the molecule is CCCC1(CC[C@@]2(c3ccccc3N(C(=O)OC(C)(C)C)C(=O)OC(C)(C)C)[C@@H](Sc3ccc(C)cc3)OC(=O)C2(Cl)Cl)OCCO1. The third-order valence-corrected chi connectivity index (χ3v) is 10.1. The van der Waals surface area contributed by atoms with Crippen molar-refractivity contribution in [3.05, 3.63) is 59.7 Å². The van der Waals surface area contributed by atoms with Gasteiger partial charge in [0.15, 0.2) is 11.2 Å². The molecule has 0 bridgehead atoms. The van der Waals surface area contributed by atoms with Crippen LogP contribution in [0.1, 0.15) is 85.3 Å². The highest BCUT2D eigenvalue weighted by Gasteiger charge is 2.69. The van der Waals surface area contributed by atoms with Crippen LogP contribution in [0, 0.1) is 6.92 Å². The molecule has 47 heavy (non-hydrogen) atoms. The predicted octanol–water partition coefficient (Wildman–Crippen LogP) is 9.08. The molecular weight excluding hydrogens is 665 g/mol. The number of cyclic esters (lactones) is 1. The number of hydrogen-bond donors (Lipinski definition) is 0. The third-order valence-electron chi connectivity index (χ3n) is 7.82. The van der Waals surface area contributed by atoms with Crippen LogP contribution in [0.2, 0.25) is 0 Å². The summed E-state index contributed by atoms with van der Waals surface area (Å²) in [6.07, 6.45) is -0.156. The second-order valence-corrected chi connectivity index (χ2v) is 16.3. The van der Waals surface area contributed by atoms with Gasteiger partial charge in [-0.15, -0.1) is 0 Å². The van der Waals surface area contributed by atoms with Crippen LogP contribution in [0.15, 0.2) is 53.4 Å². The van der Waals surface area contributed by atoms with Crippen LogP contribution in [-0.4, -0.2) is 58.1 Å². The van der Waals surface area contributed by atoms with Crippen molar-refractivity contribution in [3.8, 4) is 0 Å². The molecule has 0 unspecified atom stereocenters. The van der Waals surface area contributed by atoms with Crippen LogP contribution in [0.4, 0.5) is 15.3 Å². The fraction of sp³-hybridized carbons (Fsp3) is 0.571. The van der Waals surface area contributed by atoms with Crippen LogP contribution in [0.5, 0.6) is 0 Å². The van der Waals surface area contributed by atoms with Gasteiger partial charge >= 0.3 is 18.2 Å². The maximum Gasteiger partial charge on any atom is 0.424 e. The summed E-state index contributed by atoms with van der Waals surface area (Å²) in [5.74, 6) is -1.79. The van der Waals surface area contributed by atoms with E-state index in [0.717, 1.165) is 21.8 Å². The van der Waals surface area contributed by atoms with Gasteiger partial charge in [-0.1, -0.05) is 84.2 Å². The molecule has 0 aromatic heterocycles. The van der Waals surface area contributed by atoms with E-state index in [2.05, 4.69) is 0 Å². The largest absolute Gasteiger partial charge is 0.448 e. The Kier molecular flexibility index (Phi) is 11.2. The molecule has 2 aromatic carbocycles. The van der Waals surface area contributed by atoms with Crippen molar-refractivity contribution in [1.82, 2.24) is 0 Å². The Bertz CT molecular complexity index is 1420. The molecule has 0 spiro atoms. The molecule has 2 aliphatic heterocycles. The number of halogens is 2. The maximum atomic E-state index is 13.9. The molecule has 12 heteroatoms. The van der Waals surface area contributed by atoms with Gasteiger partial charge in [-0.2, -0.15) is 4.90 Å². The summed E-state index contributed by atoms with van der Waals surface area (Å²) >= 11 is 15.6. The minimum atomic E-state index is -2.16. The first kappa shape index (κ1) is 37.3. The fourth-order valence-corrected chi connectivity index (χ4v) is 7.89. The number of anilines is 1. The predicted molar refractivity (Wildman–Crippen MR) is 183 cm³/mol. The number of para-hydroxylation sites is 1. The van der Waals surface area contributed by atoms with Crippen molar-refractivity contribution >= 4 is 58.8 Å². The van der Waals surface area contributed by atoms with E-state index < -0.39 is 50.3 Å². The van der Waals surface area contributed by atoms with Gasteiger partial charge in [0.25, 0.3) is 0 Å². The Morgan fingerprint density at radius 2 is 1.45 bits per heavy atom. The molecule has 2 aromatic rings. The molecule has 0 aliphatic carbocycles. The number of nitrogens with zero attached hydrogens (tertiary/aromatic N) is 1. The highest BCUT2D eigenvalue weighted by atomic mass is 35.5. The molecule has 2 aliphatic rings. The fourth-order valence-electron chi connectivity index (χ4n) is 5.78. The summed E-state index contributed by atoms with van der Waals surface area (Å²) in [5, 5.41) is 0. The average molecular weight is 711 g/mol. The quantitative estimate of drug-likeness (QED) is 0.143. The zero-order valence-corrected chi connectivity index (χ0v) is 30.6. The number of carbonyl (C=O) groups excluding carboxylic acids is 3. The van der Waals surface area contributed by atoms with Gasteiger partial charge in [-0.05, 0) is 78.6 Å². The van der Waals surface area contributed by atoms with Crippen LogP contribution in [-0.2, 0) is 33.9 Å². The Morgan fingerprint density at radius 1 is 0.894 bits per heavy atom. The smallest absolute Gasteiger partial charge is 0.424 e. The third kappa shape index (κ3) is 8.21. The van der Waals surface area contributed by atoms with E-state index in [1.807, 2.05) is 38.1 Å². The Balaban J connectivity index is 1.97. The number of imide groups is 1. The van der Waals surface area contributed by atoms with Crippen LogP contribution >= 0.6 is 35.0 Å². The molecule has 2 amide bonds. The number of ether oxygens (including phenoxy) is 5. The number of esters is 1. The van der Waals surface area contributed by atoms with Crippen molar-refractivity contribution in [2.45, 2.75) is 118 Å². The topological polar surface area (TPSA) is 101 Å². The van der Waals surface area contributed by atoms with Crippen LogP contribution in [0.25, 0.3) is 0 Å². The molecular formula is C35H45Cl2NO8S. The molecule has 9 nitrogen and oxygen atoms in total. The number of thioether (sulfide) groups is 1. The van der Waals surface area contributed by atoms with Crippen LogP contribution < -0.4 is 4.90 Å². The number of carbonyl (C=O) groups is 3. The van der Waals surface area contributed by atoms with Crippen molar-refractivity contribution in [1.29, 1.82) is 0 Å². The zero-order chi connectivity index (χ0) is 34.8. The molecule has 0 N–H and O–H groups in total. The van der Waals surface area contributed by atoms with Crippen molar-refractivity contribution in [2.75, 3.05) is 18.1 Å². The molecule has 0 radical (unpaired) electrons. The van der Waals surface area contributed by atoms with E-state index in [-0.39, 0.29) is 18.5 Å². The summed E-state index contributed by atoms with van der Waals surface area (Å²) in [7, 11) is 0. The highest BCUT2D eigenvalue weighted by molar-refractivity contribution is 8.00. The first-order valence-corrected chi connectivity index (χ1v) is 17.4. The second kappa shape index (κ2) is 14.2. The van der Waals surface area contributed by atoms with E-state index in [0.29, 0.717) is 25.2 Å². The molecule has 2 saturated heterocycles. The number of aryl methyl sites for hydroxylation is 1. The van der Waals surface area contributed by atoms with Crippen molar-refractivity contribution in [2.24, 2.45) is 0 Å². The number of rotatable bonds is 9. The summed E-state index contributed by atoms with van der Waals surface area (Å²) < 4.78 is 27.6. The Morgan fingerprint density at radius 3 is 1.98 bits per heavy atom. The zero-order valence-electron chi connectivity index (χ0n) is 28.3. The lowest BCUT2D eigenvalue weighted by Gasteiger charge is -2.42. The lowest BCUT2D eigenvalue weighted by molar-refractivity contribution is -0.170. The van der Waals surface area contributed by atoms with Gasteiger partial charge in [-0.25, -0.2) is 14.4 Å². The summed E-state index contributed by atoms with van der Waals surface area (Å²) in [6, 6.07) is 14.4. The Hall–Kier alpha value is -2.50. The molecule has 4 rings (SSSR count). The number of hydrogen-bond acceptors (Lipinski definition) is 9. The van der Waals surface area contributed by atoms with Gasteiger partial charge in [0.1, 0.15) is 11.2 Å². The average Bonchev–Trinajstić information content (AvgIpc) is 3.48. The second-order valence-electron chi connectivity index (χ2n) is 13.9. The van der Waals surface area contributed by atoms with Gasteiger partial charge < -0.3 is 23.7 Å². The molecule has 2 atom stereocenters. The monoisotopic (exact) mass is 709 g/mol. The molecule has 2 heterocycles. The molecule has 2 fully saturated rings. The minimum absolute atomic E-state index is 0.0901. The van der Waals surface area contributed by atoms with E-state index in [4.69, 9.17) is 46.9 Å². The van der Waals surface area contributed by atoms with E-state index in [1.54, 1.807) is 65.8 Å². The highest BCUT2D eigenvalue weighted by Crippen LogP contribution is 2.61. The van der Waals surface area contributed by atoms with Crippen LogP contribution in [0.3, 0.4) is 0 Å². The van der Waals surface area contributed by atoms with Gasteiger partial charge in [0.05, 0.1) is 24.3 Å². The number of benzene rings is 2. The van der Waals surface area contributed by atoms with Gasteiger partial charge in [-0.3, -0.25) is 0 Å². The molecule has 258 valence electrons. The Labute approximate surface area is 291 Å². The number of amides is 2. The standard InChI is InChI=1S/C35H45Cl2NO8S/c1-9-18-33(42-21-22-43-33)19-20-34(28(44-27(39)35(34,36)37)47-24-16-14-23(2)15-17-24)25-12-10-11-13-26(25)38(29(40)45-31(3,4)5)30(41)46-32(6,7)8/h10-17,28H,9,18-22H2,1-8H3/t28-,34-/m1/s1. The van der Waals surface area contributed by atoms with Crippen molar-refractivity contribution < 1.29 is 38.1 Å². The van der Waals surface area contributed by atoms with E-state index >= 15 is 0 Å². The summed E-state index contributed by atoms with van der Waals surface area (Å²) in [5.41, 5.74) is -2.97. The van der Waals surface area contributed by atoms with E-state index in [1.165, 1.54) is 11.8 Å². The lowest BCUT2D eigenvalue weighted by Crippen LogP contribution is -2.51. The summed E-state index contributed by atoms with van der Waals surface area (Å²) in [4.78, 5) is 43.1. The summed E-state index contributed by atoms with van der Waals surface area (Å²) in [6.45, 7) is 15.0. The lowest BCUT2D eigenvalue weighted by atomic mass is 9.72. The van der Waals surface area contributed by atoms with E-state index in [9.17, 15) is 14.4 Å². The first-order valence-electron chi connectivity index (χ1n) is 15.8. The normalized spacial score (nSPS) is 22.1.